The van der Waals surface area contributed by atoms with Crippen LogP contribution in [0.25, 0.3) is 0 Å². The number of benzene rings is 2. The van der Waals surface area contributed by atoms with Gasteiger partial charge in [0.15, 0.2) is 0 Å². The molecular weight excluding hydrogens is 454 g/mol. The lowest BCUT2D eigenvalue weighted by Crippen LogP contribution is -2.54. The van der Waals surface area contributed by atoms with Gasteiger partial charge in [0, 0.05) is 44.4 Å². The molecule has 33 heavy (non-hydrogen) atoms. The number of alkyl halides is 6. The van der Waals surface area contributed by atoms with E-state index >= 15 is 0 Å². The van der Waals surface area contributed by atoms with E-state index in [-0.39, 0.29) is 30.1 Å². The summed E-state index contributed by atoms with van der Waals surface area (Å²) in [5.74, 6) is -0.616. The van der Waals surface area contributed by atoms with Crippen LogP contribution >= 0.6 is 0 Å². The Morgan fingerprint density at radius 2 is 1.61 bits per heavy atom. The highest BCUT2D eigenvalue weighted by molar-refractivity contribution is 5.35. The molecule has 1 fully saturated rings. The van der Waals surface area contributed by atoms with Crippen LogP contribution < -0.4 is 14.8 Å². The first-order chi connectivity index (χ1) is 15.6. The fraction of sp³-hybridized carbons (Fsp3) is 0.455. The van der Waals surface area contributed by atoms with Crippen molar-refractivity contribution in [2.24, 2.45) is 0 Å². The highest BCUT2D eigenvalue weighted by Gasteiger charge is 2.40. The number of ether oxygens (including phenoxy) is 3. The zero-order chi connectivity index (χ0) is 24.1. The third-order valence-electron chi connectivity index (χ3n) is 5.28. The topological polar surface area (TPSA) is 43.0 Å². The molecule has 2 atom stereocenters. The van der Waals surface area contributed by atoms with Gasteiger partial charge in [0.05, 0.1) is 6.61 Å². The van der Waals surface area contributed by atoms with E-state index in [0.29, 0.717) is 31.7 Å². The number of rotatable bonds is 10. The maximum Gasteiger partial charge on any atom is 0.573 e. The van der Waals surface area contributed by atoms with Gasteiger partial charge >= 0.3 is 12.7 Å². The number of hydrogen-bond donors (Lipinski definition) is 1. The number of methoxy groups -OCH3 is 1. The highest BCUT2D eigenvalue weighted by atomic mass is 19.4. The lowest BCUT2D eigenvalue weighted by molar-refractivity contribution is -0.275. The number of para-hydroxylation sites is 1. The molecule has 1 N–H and O–H groups in total. The Kier molecular flexibility index (Phi) is 8.09. The van der Waals surface area contributed by atoms with E-state index < -0.39 is 12.7 Å². The molecule has 11 heteroatoms. The molecule has 0 spiro atoms. The molecule has 0 aliphatic carbocycles. The molecule has 2 unspecified atom stereocenters. The van der Waals surface area contributed by atoms with Crippen LogP contribution in [0, 0.1) is 0 Å². The van der Waals surface area contributed by atoms with Crippen LogP contribution in [0.5, 0.6) is 11.5 Å². The number of halogens is 6. The molecular formula is C22H24F6N2O3. The summed E-state index contributed by atoms with van der Waals surface area (Å²) in [6.45, 7) is 1.88. The summed E-state index contributed by atoms with van der Waals surface area (Å²) in [5, 5.41) is 3.24. The van der Waals surface area contributed by atoms with Gasteiger partial charge in [-0.1, -0.05) is 30.3 Å². The first-order valence-electron chi connectivity index (χ1n) is 10.2. The van der Waals surface area contributed by atoms with Crippen molar-refractivity contribution < 1.29 is 40.6 Å². The van der Waals surface area contributed by atoms with Gasteiger partial charge in [-0.2, -0.15) is 0 Å². The van der Waals surface area contributed by atoms with Gasteiger partial charge in [-0.05, 0) is 30.2 Å². The average molecular weight is 478 g/mol. The van der Waals surface area contributed by atoms with Crippen LogP contribution in [-0.2, 0) is 11.3 Å². The molecule has 0 amide bonds. The number of hydrogen-bond acceptors (Lipinski definition) is 5. The molecule has 2 aromatic carbocycles. The average Bonchev–Trinajstić information content (AvgIpc) is 2.71. The predicted molar refractivity (Wildman–Crippen MR) is 108 cm³/mol. The first-order valence-corrected chi connectivity index (χ1v) is 10.2. The van der Waals surface area contributed by atoms with Crippen LogP contribution in [0.2, 0.25) is 0 Å². The minimum absolute atomic E-state index is 0.0110. The van der Waals surface area contributed by atoms with Crippen LogP contribution in [0.3, 0.4) is 0 Å². The summed E-state index contributed by atoms with van der Waals surface area (Å²) in [6, 6.07) is 11.3. The summed E-state index contributed by atoms with van der Waals surface area (Å²) >= 11 is 0. The van der Waals surface area contributed by atoms with E-state index in [1.807, 2.05) is 4.90 Å². The fourth-order valence-corrected chi connectivity index (χ4v) is 3.80. The van der Waals surface area contributed by atoms with Crippen LogP contribution in [0.4, 0.5) is 26.3 Å². The van der Waals surface area contributed by atoms with Crippen molar-refractivity contribution in [1.82, 2.24) is 10.2 Å². The molecule has 0 aromatic heterocycles. The molecule has 0 radical (unpaired) electrons. The molecule has 1 aliphatic rings. The second-order valence-electron chi connectivity index (χ2n) is 7.55. The molecule has 0 saturated carbocycles. The van der Waals surface area contributed by atoms with E-state index in [9.17, 15) is 26.3 Å². The molecule has 1 heterocycles. The second kappa shape index (κ2) is 10.6. The van der Waals surface area contributed by atoms with E-state index in [0.717, 1.165) is 5.56 Å². The summed E-state index contributed by atoms with van der Waals surface area (Å²) in [4.78, 5) is 2.00. The maximum absolute atomic E-state index is 12.8. The van der Waals surface area contributed by atoms with Crippen molar-refractivity contribution in [3.8, 4) is 11.5 Å². The maximum atomic E-state index is 12.8. The standard InChI is InChI=1S/C22H24F6N2O3/c1-31-11-10-29-13-17-12-19(15-6-8-18(9-7-15)32-21(23,24)25)30(17)14-16-4-2-3-5-20(16)33-22(26,27)28/h2-9,17,19,29H,10-14H2,1H3. The lowest BCUT2D eigenvalue weighted by Gasteiger charge is -2.49. The van der Waals surface area contributed by atoms with Crippen molar-refractivity contribution in [2.45, 2.75) is 37.8 Å². The van der Waals surface area contributed by atoms with Gasteiger partial charge in [0.2, 0.25) is 0 Å². The monoisotopic (exact) mass is 478 g/mol. The minimum Gasteiger partial charge on any atom is -0.406 e. The first kappa shape index (κ1) is 25.1. The van der Waals surface area contributed by atoms with Crippen molar-refractivity contribution in [1.29, 1.82) is 0 Å². The normalized spacial score (nSPS) is 19.2. The summed E-state index contributed by atoms with van der Waals surface area (Å²) in [7, 11) is 1.58. The molecule has 1 saturated heterocycles. The summed E-state index contributed by atoms with van der Waals surface area (Å²) in [6.07, 6.45) is -8.92. The van der Waals surface area contributed by atoms with Crippen LogP contribution in [0.1, 0.15) is 23.6 Å². The van der Waals surface area contributed by atoms with Gasteiger partial charge in [0.1, 0.15) is 11.5 Å². The molecule has 1 aliphatic heterocycles. The second-order valence-corrected chi connectivity index (χ2v) is 7.55. The Balaban J connectivity index is 1.76. The number of nitrogens with zero attached hydrogens (tertiary/aromatic N) is 1. The minimum atomic E-state index is -4.82. The molecule has 182 valence electrons. The van der Waals surface area contributed by atoms with Gasteiger partial charge in [-0.15, -0.1) is 26.3 Å². The number of likely N-dealkylation sites (tertiary alicyclic amines) is 1. The largest absolute Gasteiger partial charge is 0.573 e. The molecule has 2 aromatic rings. The van der Waals surface area contributed by atoms with Gasteiger partial charge < -0.3 is 19.5 Å². The Morgan fingerprint density at radius 3 is 2.24 bits per heavy atom. The number of nitrogens with one attached hydrogen (secondary N) is 1. The Bertz CT molecular complexity index is 889. The fourth-order valence-electron chi connectivity index (χ4n) is 3.80. The van der Waals surface area contributed by atoms with Gasteiger partial charge in [0.25, 0.3) is 0 Å². The van der Waals surface area contributed by atoms with Crippen LogP contribution in [0.15, 0.2) is 48.5 Å². The third kappa shape index (κ3) is 7.51. The van der Waals surface area contributed by atoms with Gasteiger partial charge in [-0.25, -0.2) is 0 Å². The van der Waals surface area contributed by atoms with Gasteiger partial charge in [-0.3, -0.25) is 4.90 Å². The van der Waals surface area contributed by atoms with Crippen LogP contribution in [-0.4, -0.2) is 50.5 Å². The SMILES string of the molecule is COCCNCC1CC(c2ccc(OC(F)(F)F)cc2)N1Cc1ccccc1OC(F)(F)F. The summed E-state index contributed by atoms with van der Waals surface area (Å²) < 4.78 is 88.8. The lowest BCUT2D eigenvalue weighted by atomic mass is 9.86. The highest BCUT2D eigenvalue weighted by Crippen LogP contribution is 2.41. The quantitative estimate of drug-likeness (QED) is 0.383. The summed E-state index contributed by atoms with van der Waals surface area (Å²) in [5.41, 5.74) is 1.10. The third-order valence-corrected chi connectivity index (χ3v) is 5.28. The molecule has 0 bridgehead atoms. The zero-order valence-electron chi connectivity index (χ0n) is 17.7. The van der Waals surface area contributed by atoms with E-state index in [2.05, 4.69) is 14.8 Å². The zero-order valence-corrected chi connectivity index (χ0v) is 17.7. The van der Waals surface area contributed by atoms with E-state index in [1.165, 1.54) is 36.4 Å². The van der Waals surface area contributed by atoms with Crippen molar-refractivity contribution in [2.75, 3.05) is 26.8 Å². The Morgan fingerprint density at radius 1 is 0.939 bits per heavy atom. The smallest absolute Gasteiger partial charge is 0.406 e. The predicted octanol–water partition coefficient (Wildman–Crippen LogP) is 5.04. The van der Waals surface area contributed by atoms with E-state index in [4.69, 9.17) is 4.74 Å². The Labute approximate surface area is 187 Å². The molecule has 5 nitrogen and oxygen atoms in total. The van der Waals surface area contributed by atoms with Crippen molar-refractivity contribution >= 4 is 0 Å². The van der Waals surface area contributed by atoms with Crippen molar-refractivity contribution in [3.05, 3.63) is 59.7 Å². The Hall–Kier alpha value is -2.50. The van der Waals surface area contributed by atoms with E-state index in [1.54, 1.807) is 19.2 Å². The molecule has 3 rings (SSSR count). The van der Waals surface area contributed by atoms with Crippen molar-refractivity contribution in [3.63, 3.8) is 0 Å².